The summed E-state index contributed by atoms with van der Waals surface area (Å²) in [4.78, 5) is 38.1. The van der Waals surface area contributed by atoms with Crippen molar-refractivity contribution in [1.29, 1.82) is 5.26 Å². The monoisotopic (exact) mass is 487 g/mol. The number of carbonyl (C=O) groups is 3. The van der Waals surface area contributed by atoms with Gasteiger partial charge in [-0.25, -0.2) is 0 Å². The first-order valence-electron chi connectivity index (χ1n) is 11.6. The molecular formula is C23H36F3N5O3. The molecule has 192 valence electrons. The number of hydrogen-bond donors (Lipinski definition) is 4. The van der Waals surface area contributed by atoms with Crippen molar-refractivity contribution in [3.8, 4) is 6.07 Å². The molecule has 0 unspecified atom stereocenters. The predicted molar refractivity (Wildman–Crippen MR) is 119 cm³/mol. The normalized spacial score (nSPS) is 22.8. The van der Waals surface area contributed by atoms with Crippen LogP contribution in [0, 0.1) is 28.6 Å². The molecule has 0 aromatic rings. The lowest BCUT2D eigenvalue weighted by molar-refractivity contribution is -0.137. The third kappa shape index (κ3) is 8.78. The van der Waals surface area contributed by atoms with Crippen LogP contribution in [-0.2, 0) is 14.4 Å². The largest absolute Gasteiger partial charge is 0.401 e. The minimum atomic E-state index is -4.49. The average molecular weight is 488 g/mol. The molecule has 0 aromatic carbocycles. The van der Waals surface area contributed by atoms with E-state index in [1.165, 1.54) is 0 Å². The summed E-state index contributed by atoms with van der Waals surface area (Å²) in [6.45, 7) is 7.33. The molecular weight excluding hydrogens is 451 g/mol. The topological polar surface area (TPSA) is 123 Å². The molecule has 2 aliphatic rings. The van der Waals surface area contributed by atoms with Gasteiger partial charge in [-0.3, -0.25) is 19.7 Å². The van der Waals surface area contributed by atoms with Gasteiger partial charge in [0.15, 0.2) is 0 Å². The number of alkyl halides is 3. The second-order valence-corrected chi connectivity index (χ2v) is 11.2. The SMILES string of the molecule is CC1(C)C[C@@H](C[C@@H](C#N)NC(=O)[C@H](CC2CC2)NC(=O)[C@@H](NCC(F)(F)F)C(C)(C)C)C(=O)N1. The molecule has 1 heterocycles. The van der Waals surface area contributed by atoms with Crippen LogP contribution in [0.15, 0.2) is 0 Å². The molecule has 1 saturated heterocycles. The maximum atomic E-state index is 13.0. The second-order valence-electron chi connectivity index (χ2n) is 11.2. The summed E-state index contributed by atoms with van der Waals surface area (Å²) in [5.41, 5.74) is -1.23. The Labute approximate surface area is 198 Å². The maximum Gasteiger partial charge on any atom is 0.401 e. The van der Waals surface area contributed by atoms with Crippen LogP contribution in [0.5, 0.6) is 0 Å². The van der Waals surface area contributed by atoms with Crippen molar-refractivity contribution in [3.63, 3.8) is 0 Å². The van der Waals surface area contributed by atoms with Crippen molar-refractivity contribution in [2.24, 2.45) is 17.3 Å². The van der Waals surface area contributed by atoms with E-state index in [0.29, 0.717) is 12.8 Å². The lowest BCUT2D eigenvalue weighted by Gasteiger charge is -2.32. The Morgan fingerprint density at radius 3 is 2.21 bits per heavy atom. The number of halogens is 3. The predicted octanol–water partition coefficient (Wildman–Crippen LogP) is 2.15. The zero-order valence-corrected chi connectivity index (χ0v) is 20.4. The fourth-order valence-corrected chi connectivity index (χ4v) is 4.27. The summed E-state index contributed by atoms with van der Waals surface area (Å²) in [7, 11) is 0. The lowest BCUT2D eigenvalue weighted by Crippen LogP contribution is -2.58. The van der Waals surface area contributed by atoms with E-state index in [-0.39, 0.29) is 23.8 Å². The number of carbonyl (C=O) groups excluding carboxylic acids is 3. The van der Waals surface area contributed by atoms with Gasteiger partial charge in [-0.05, 0) is 44.4 Å². The van der Waals surface area contributed by atoms with Crippen LogP contribution in [0.1, 0.15) is 66.7 Å². The van der Waals surface area contributed by atoms with Gasteiger partial charge in [0, 0.05) is 11.5 Å². The molecule has 1 aliphatic heterocycles. The molecule has 1 saturated carbocycles. The van der Waals surface area contributed by atoms with Crippen LogP contribution in [0.4, 0.5) is 13.2 Å². The zero-order chi connectivity index (χ0) is 25.9. The molecule has 4 N–H and O–H groups in total. The second kappa shape index (κ2) is 10.5. The number of hydrogen-bond acceptors (Lipinski definition) is 5. The smallest absolute Gasteiger partial charge is 0.351 e. The fraction of sp³-hybridized carbons (Fsp3) is 0.826. The summed E-state index contributed by atoms with van der Waals surface area (Å²) in [5.74, 6) is -1.65. The molecule has 2 rings (SSSR count). The van der Waals surface area contributed by atoms with Gasteiger partial charge in [-0.15, -0.1) is 0 Å². The molecule has 0 bridgehead atoms. The molecule has 1 aliphatic carbocycles. The van der Waals surface area contributed by atoms with Crippen molar-refractivity contribution in [3.05, 3.63) is 0 Å². The van der Waals surface area contributed by atoms with Gasteiger partial charge in [0.05, 0.1) is 18.7 Å². The van der Waals surface area contributed by atoms with Crippen LogP contribution < -0.4 is 21.3 Å². The molecule has 0 spiro atoms. The Balaban J connectivity index is 2.06. The van der Waals surface area contributed by atoms with E-state index in [9.17, 15) is 32.8 Å². The summed E-state index contributed by atoms with van der Waals surface area (Å²) < 4.78 is 38.2. The minimum Gasteiger partial charge on any atom is -0.351 e. The number of nitrogens with zero attached hydrogens (tertiary/aromatic N) is 1. The zero-order valence-electron chi connectivity index (χ0n) is 20.4. The van der Waals surface area contributed by atoms with Crippen molar-refractivity contribution in [2.45, 2.75) is 96.6 Å². The highest BCUT2D eigenvalue weighted by Crippen LogP contribution is 2.34. The minimum absolute atomic E-state index is 0.138. The Morgan fingerprint density at radius 1 is 1.15 bits per heavy atom. The standard InChI is InChI=1S/C23H36F3N5O3/c1-21(2,3)17(28-12-23(24,25)26)20(34)30-16(8-13-6-7-13)19(33)29-15(11-27)9-14-10-22(4,5)31-18(14)32/h13-17,28H,6-10,12H2,1-5H3,(H,29,33)(H,30,34)(H,31,32)/t14-,15+,16+,17-/m1/s1. The first-order valence-corrected chi connectivity index (χ1v) is 11.6. The van der Waals surface area contributed by atoms with Gasteiger partial charge < -0.3 is 16.0 Å². The van der Waals surface area contributed by atoms with Gasteiger partial charge in [-0.2, -0.15) is 18.4 Å². The van der Waals surface area contributed by atoms with Crippen LogP contribution in [0.2, 0.25) is 0 Å². The fourth-order valence-electron chi connectivity index (χ4n) is 4.27. The summed E-state index contributed by atoms with van der Waals surface area (Å²) in [6.07, 6.45) is -1.69. The summed E-state index contributed by atoms with van der Waals surface area (Å²) in [6, 6.07) is -1.09. The lowest BCUT2D eigenvalue weighted by atomic mass is 9.85. The van der Waals surface area contributed by atoms with Gasteiger partial charge in [0.1, 0.15) is 12.1 Å². The molecule has 8 nitrogen and oxygen atoms in total. The molecule has 4 atom stereocenters. The van der Waals surface area contributed by atoms with E-state index in [1.807, 2.05) is 19.9 Å². The van der Waals surface area contributed by atoms with Crippen LogP contribution in [0.25, 0.3) is 0 Å². The third-order valence-corrected chi connectivity index (χ3v) is 6.12. The van der Waals surface area contributed by atoms with Crippen molar-refractivity contribution in [1.82, 2.24) is 21.3 Å². The van der Waals surface area contributed by atoms with Gasteiger partial charge in [0.2, 0.25) is 17.7 Å². The first-order chi connectivity index (χ1) is 15.5. The van der Waals surface area contributed by atoms with Gasteiger partial charge in [0.25, 0.3) is 0 Å². The van der Waals surface area contributed by atoms with E-state index < -0.39 is 54.0 Å². The Morgan fingerprint density at radius 2 is 1.76 bits per heavy atom. The number of nitrogens with one attached hydrogen (secondary N) is 4. The molecule has 11 heteroatoms. The van der Waals surface area contributed by atoms with E-state index in [0.717, 1.165) is 12.8 Å². The summed E-state index contributed by atoms with van der Waals surface area (Å²) >= 11 is 0. The Bertz CT molecular complexity index is 812. The van der Waals surface area contributed by atoms with Gasteiger partial charge in [-0.1, -0.05) is 33.6 Å². The van der Waals surface area contributed by atoms with E-state index in [4.69, 9.17) is 0 Å². The highest BCUT2D eigenvalue weighted by molar-refractivity contribution is 5.90. The van der Waals surface area contributed by atoms with E-state index >= 15 is 0 Å². The molecule has 2 fully saturated rings. The average Bonchev–Trinajstić information content (AvgIpc) is 3.43. The highest BCUT2D eigenvalue weighted by atomic mass is 19.4. The molecule has 0 radical (unpaired) electrons. The van der Waals surface area contributed by atoms with Crippen molar-refractivity contribution in [2.75, 3.05) is 6.54 Å². The quantitative estimate of drug-likeness (QED) is 0.376. The molecule has 34 heavy (non-hydrogen) atoms. The highest BCUT2D eigenvalue weighted by Gasteiger charge is 2.41. The van der Waals surface area contributed by atoms with E-state index in [2.05, 4.69) is 21.3 Å². The maximum absolute atomic E-state index is 13.0. The number of nitriles is 1. The molecule has 3 amide bonds. The van der Waals surface area contributed by atoms with Crippen LogP contribution in [0.3, 0.4) is 0 Å². The molecule has 0 aromatic heterocycles. The number of rotatable bonds is 10. The third-order valence-electron chi connectivity index (χ3n) is 6.12. The summed E-state index contributed by atoms with van der Waals surface area (Å²) in [5, 5.41) is 19.9. The van der Waals surface area contributed by atoms with Crippen LogP contribution in [-0.4, -0.2) is 54.1 Å². The van der Waals surface area contributed by atoms with Crippen LogP contribution >= 0.6 is 0 Å². The van der Waals surface area contributed by atoms with Crippen molar-refractivity contribution < 1.29 is 27.6 Å². The van der Waals surface area contributed by atoms with Gasteiger partial charge >= 0.3 is 6.18 Å². The Kier molecular flexibility index (Phi) is 8.62. The van der Waals surface area contributed by atoms with Crippen molar-refractivity contribution >= 4 is 17.7 Å². The first kappa shape index (κ1) is 27.9. The number of amides is 3. The Hall–Kier alpha value is -2.35. The van der Waals surface area contributed by atoms with E-state index in [1.54, 1.807) is 20.8 Å².